The average molecular weight is 610 g/mol. The minimum absolute atomic E-state index is 0.0944. The highest BCUT2D eigenvalue weighted by Crippen LogP contribution is 2.38. The molecule has 0 spiro atoms. The number of hydrogen-bond acceptors (Lipinski definition) is 1. The van der Waals surface area contributed by atoms with E-state index >= 15 is 0 Å². The quantitative estimate of drug-likeness (QED) is 0.176. The predicted octanol–water partition coefficient (Wildman–Crippen LogP) is 10.9. The molecule has 0 unspecified atom stereocenters. The summed E-state index contributed by atoms with van der Waals surface area (Å²) >= 11 is 1.89. The number of aromatic nitrogens is 1. The van der Waals surface area contributed by atoms with Gasteiger partial charge in [-0.2, -0.15) is 0 Å². The molecule has 0 saturated heterocycles. The van der Waals surface area contributed by atoms with Gasteiger partial charge in [-0.25, -0.2) is 0 Å². The minimum Gasteiger partial charge on any atom is -0.309 e. The van der Waals surface area contributed by atoms with Gasteiger partial charge < -0.3 is 4.57 Å². The van der Waals surface area contributed by atoms with Crippen molar-refractivity contribution in [2.24, 2.45) is 0 Å². The molecule has 0 amide bonds. The largest absolute Gasteiger partial charge is 0.309 e. The van der Waals surface area contributed by atoms with Crippen molar-refractivity contribution in [1.82, 2.24) is 4.57 Å². The number of aryl methyl sites for hydroxylation is 1. The SMILES string of the molecule is Cc1c([Si](C)(C)c2cc(C(C)(C)C)cc(C(C)(C)C)c2)ccc2c3ccccc3n(-c3ccc4c(c3)sc3ccccc34)c12. The number of nitrogens with zero attached hydrogens (tertiary/aromatic N) is 1. The topological polar surface area (TPSA) is 4.93 Å². The van der Waals surface area contributed by atoms with Crippen LogP contribution in [0.15, 0.2) is 97.1 Å². The summed E-state index contributed by atoms with van der Waals surface area (Å²) in [6.07, 6.45) is 0. The molecule has 0 fully saturated rings. The van der Waals surface area contributed by atoms with Crippen LogP contribution in [0.1, 0.15) is 58.2 Å². The second kappa shape index (κ2) is 9.92. The Balaban J connectivity index is 1.49. The Morgan fingerprint density at radius 3 is 1.86 bits per heavy atom. The molecular weight excluding hydrogens is 567 g/mol. The van der Waals surface area contributed by atoms with Gasteiger partial charge in [0, 0.05) is 36.6 Å². The summed E-state index contributed by atoms with van der Waals surface area (Å²) < 4.78 is 5.22. The second-order valence-corrected chi connectivity index (χ2v) is 20.6. The molecule has 0 aliphatic heterocycles. The fourth-order valence-corrected chi connectivity index (χ4v) is 11.1. The van der Waals surface area contributed by atoms with Crippen LogP contribution in [0.5, 0.6) is 0 Å². The lowest BCUT2D eigenvalue weighted by atomic mass is 9.81. The standard InChI is InChI=1S/C41H43NSSi/c1-26-38(44(8,9)30-23-27(40(2,3)4)22-28(24-30)41(5,6)7)21-20-34-31-14-10-12-16-35(31)42(39(26)34)29-18-19-33-32-15-11-13-17-36(32)43-37(33)25-29/h10-25H,1-9H3. The number of rotatable bonds is 3. The van der Waals surface area contributed by atoms with E-state index in [9.17, 15) is 0 Å². The molecule has 0 radical (unpaired) electrons. The zero-order valence-corrected chi connectivity index (χ0v) is 29.4. The van der Waals surface area contributed by atoms with Gasteiger partial charge in [0.05, 0.1) is 11.0 Å². The maximum absolute atomic E-state index is 2.55. The Morgan fingerprint density at radius 2 is 1.18 bits per heavy atom. The summed E-state index contributed by atoms with van der Waals surface area (Å²) in [5, 5.41) is 8.38. The van der Waals surface area contributed by atoms with E-state index in [-0.39, 0.29) is 10.8 Å². The van der Waals surface area contributed by atoms with Crippen molar-refractivity contribution in [3.63, 3.8) is 0 Å². The molecule has 222 valence electrons. The lowest BCUT2D eigenvalue weighted by molar-refractivity contribution is 0.569. The summed E-state index contributed by atoms with van der Waals surface area (Å²) in [4.78, 5) is 0. The summed E-state index contributed by atoms with van der Waals surface area (Å²) in [7, 11) is -2.09. The summed E-state index contributed by atoms with van der Waals surface area (Å²) in [6, 6.07) is 37.1. The summed E-state index contributed by atoms with van der Waals surface area (Å²) in [6.45, 7) is 21.5. The van der Waals surface area contributed by atoms with E-state index in [2.05, 4.69) is 163 Å². The van der Waals surface area contributed by atoms with E-state index in [0.717, 1.165) is 0 Å². The number of fused-ring (bicyclic) bond motifs is 6. The highest BCUT2D eigenvalue weighted by Gasteiger charge is 2.32. The van der Waals surface area contributed by atoms with Crippen molar-refractivity contribution >= 4 is 71.8 Å². The fourth-order valence-electron chi connectivity index (χ4n) is 7.03. The van der Waals surface area contributed by atoms with Crippen LogP contribution < -0.4 is 10.4 Å². The van der Waals surface area contributed by atoms with Crippen molar-refractivity contribution in [1.29, 1.82) is 0 Å². The van der Waals surface area contributed by atoms with Gasteiger partial charge in [0.15, 0.2) is 0 Å². The number of thiophene rings is 1. The fraction of sp³-hybridized carbons (Fsp3) is 0.268. The van der Waals surface area contributed by atoms with E-state index in [1.54, 1.807) is 0 Å². The van der Waals surface area contributed by atoms with Crippen molar-refractivity contribution in [2.45, 2.75) is 72.4 Å². The Bertz CT molecular complexity index is 2200. The van der Waals surface area contributed by atoms with Crippen LogP contribution in [0, 0.1) is 6.92 Å². The van der Waals surface area contributed by atoms with Gasteiger partial charge in [0.25, 0.3) is 0 Å². The van der Waals surface area contributed by atoms with Gasteiger partial charge in [0.1, 0.15) is 8.07 Å². The van der Waals surface area contributed by atoms with Crippen LogP contribution in [0.4, 0.5) is 0 Å². The number of benzene rings is 5. The molecule has 0 atom stereocenters. The first-order valence-corrected chi connectivity index (χ1v) is 19.7. The monoisotopic (exact) mass is 609 g/mol. The lowest BCUT2D eigenvalue weighted by Crippen LogP contribution is -2.54. The van der Waals surface area contributed by atoms with Crippen LogP contribution in [0.3, 0.4) is 0 Å². The first-order valence-electron chi connectivity index (χ1n) is 15.9. The van der Waals surface area contributed by atoms with E-state index in [4.69, 9.17) is 0 Å². The third-order valence-electron chi connectivity index (χ3n) is 9.77. The normalized spacial score (nSPS) is 13.1. The number of hydrogen-bond donors (Lipinski definition) is 0. The first-order chi connectivity index (χ1) is 20.7. The molecule has 7 aromatic rings. The Morgan fingerprint density at radius 1 is 0.591 bits per heavy atom. The smallest absolute Gasteiger partial charge is 0.112 e. The molecular formula is C41H43NSSi. The van der Waals surface area contributed by atoms with E-state index in [1.807, 2.05) is 11.3 Å². The van der Waals surface area contributed by atoms with Gasteiger partial charge >= 0.3 is 0 Å². The number of para-hydroxylation sites is 1. The van der Waals surface area contributed by atoms with Gasteiger partial charge in [-0.1, -0.05) is 133 Å². The predicted molar refractivity (Wildman–Crippen MR) is 199 cm³/mol. The van der Waals surface area contributed by atoms with Gasteiger partial charge in [0.2, 0.25) is 0 Å². The molecule has 1 nitrogen and oxygen atoms in total. The molecule has 2 heterocycles. The molecule has 3 heteroatoms. The van der Waals surface area contributed by atoms with Crippen molar-refractivity contribution in [3.05, 3.63) is 114 Å². The molecule has 2 aromatic heterocycles. The highest BCUT2D eigenvalue weighted by molar-refractivity contribution is 7.25. The molecule has 0 aliphatic rings. The molecule has 0 bridgehead atoms. The van der Waals surface area contributed by atoms with Gasteiger partial charge in [-0.05, 0) is 63.9 Å². The minimum atomic E-state index is -2.09. The van der Waals surface area contributed by atoms with E-state index in [1.165, 1.54) is 74.7 Å². The van der Waals surface area contributed by atoms with E-state index < -0.39 is 8.07 Å². The Hall–Kier alpha value is -3.66. The third kappa shape index (κ3) is 4.55. The van der Waals surface area contributed by atoms with Crippen LogP contribution in [-0.4, -0.2) is 12.6 Å². The van der Waals surface area contributed by atoms with Crippen LogP contribution in [-0.2, 0) is 10.8 Å². The molecule has 44 heavy (non-hydrogen) atoms. The van der Waals surface area contributed by atoms with Crippen LogP contribution in [0.25, 0.3) is 47.7 Å². The second-order valence-electron chi connectivity index (χ2n) is 15.2. The van der Waals surface area contributed by atoms with Crippen molar-refractivity contribution in [3.8, 4) is 5.69 Å². The van der Waals surface area contributed by atoms with Gasteiger partial charge in [-0.3, -0.25) is 0 Å². The zero-order valence-electron chi connectivity index (χ0n) is 27.6. The Labute approximate surface area is 267 Å². The first kappa shape index (κ1) is 29.1. The summed E-state index contributed by atoms with van der Waals surface area (Å²) in [5.74, 6) is 0. The summed E-state index contributed by atoms with van der Waals surface area (Å²) in [5.41, 5.74) is 8.31. The van der Waals surface area contributed by atoms with E-state index in [0.29, 0.717) is 0 Å². The van der Waals surface area contributed by atoms with Gasteiger partial charge in [-0.15, -0.1) is 11.3 Å². The molecule has 0 aliphatic carbocycles. The van der Waals surface area contributed by atoms with Crippen LogP contribution in [0.2, 0.25) is 13.1 Å². The Kier molecular flexibility index (Phi) is 6.55. The molecule has 0 N–H and O–H groups in total. The van der Waals surface area contributed by atoms with Crippen molar-refractivity contribution in [2.75, 3.05) is 0 Å². The van der Waals surface area contributed by atoms with Crippen molar-refractivity contribution < 1.29 is 0 Å². The molecule has 0 saturated carbocycles. The molecule has 7 rings (SSSR count). The molecule has 5 aromatic carbocycles. The maximum Gasteiger partial charge on any atom is 0.112 e. The maximum atomic E-state index is 2.55. The third-order valence-corrected chi connectivity index (χ3v) is 14.5. The van der Waals surface area contributed by atoms with Crippen LogP contribution >= 0.6 is 11.3 Å². The highest BCUT2D eigenvalue weighted by atomic mass is 32.1. The lowest BCUT2D eigenvalue weighted by Gasteiger charge is -2.32. The average Bonchev–Trinajstić information content (AvgIpc) is 3.52. The zero-order chi connectivity index (χ0) is 31.2.